The molecule has 0 unspecified atom stereocenters. The van der Waals surface area contributed by atoms with Crippen molar-refractivity contribution in [1.82, 2.24) is 9.80 Å². The molecular formula is C18H26N2O2. The molecule has 4 heteroatoms. The second-order valence-corrected chi connectivity index (χ2v) is 6.79. The van der Waals surface area contributed by atoms with Gasteiger partial charge >= 0.3 is 0 Å². The fraction of sp³-hybridized carbons (Fsp3) is 0.667. The normalized spacial score (nSPS) is 23.8. The van der Waals surface area contributed by atoms with Crippen molar-refractivity contribution in [1.29, 1.82) is 0 Å². The topological polar surface area (TPSA) is 24.9 Å². The number of benzene rings is 1. The van der Waals surface area contributed by atoms with Crippen molar-refractivity contribution >= 4 is 0 Å². The summed E-state index contributed by atoms with van der Waals surface area (Å²) in [6.07, 6.45) is 7.15. The SMILES string of the molecule is c1cc2c(cc1CN1CCN(C3CCCCC3)CC1)OCO2. The molecule has 2 heterocycles. The summed E-state index contributed by atoms with van der Waals surface area (Å²) < 4.78 is 10.9. The molecule has 1 aromatic carbocycles. The van der Waals surface area contributed by atoms with Gasteiger partial charge in [-0.15, -0.1) is 0 Å². The summed E-state index contributed by atoms with van der Waals surface area (Å²) in [6.45, 7) is 6.22. The zero-order chi connectivity index (χ0) is 14.8. The number of piperazine rings is 1. The van der Waals surface area contributed by atoms with Crippen LogP contribution in [0.3, 0.4) is 0 Å². The van der Waals surface area contributed by atoms with Crippen LogP contribution in [0.4, 0.5) is 0 Å². The minimum atomic E-state index is 0.360. The molecule has 2 fully saturated rings. The zero-order valence-electron chi connectivity index (χ0n) is 13.3. The molecule has 0 spiro atoms. The van der Waals surface area contributed by atoms with Gasteiger partial charge in [-0.25, -0.2) is 0 Å². The molecule has 1 aromatic rings. The van der Waals surface area contributed by atoms with Crippen molar-refractivity contribution in [3.8, 4) is 11.5 Å². The zero-order valence-corrected chi connectivity index (χ0v) is 13.3. The first-order valence-corrected chi connectivity index (χ1v) is 8.73. The first-order chi connectivity index (χ1) is 10.9. The molecule has 0 atom stereocenters. The van der Waals surface area contributed by atoms with Crippen molar-refractivity contribution in [2.45, 2.75) is 44.7 Å². The number of fused-ring (bicyclic) bond motifs is 1. The van der Waals surface area contributed by atoms with Gasteiger partial charge in [-0.05, 0) is 30.5 Å². The van der Waals surface area contributed by atoms with Gasteiger partial charge in [0.25, 0.3) is 0 Å². The molecule has 0 aromatic heterocycles. The van der Waals surface area contributed by atoms with E-state index in [9.17, 15) is 0 Å². The minimum absolute atomic E-state index is 0.360. The van der Waals surface area contributed by atoms with Crippen LogP contribution in [0.15, 0.2) is 18.2 Å². The van der Waals surface area contributed by atoms with Gasteiger partial charge in [0.2, 0.25) is 6.79 Å². The average Bonchev–Trinajstić information content (AvgIpc) is 3.04. The van der Waals surface area contributed by atoms with Crippen LogP contribution in [0.25, 0.3) is 0 Å². The number of nitrogens with zero attached hydrogens (tertiary/aromatic N) is 2. The van der Waals surface area contributed by atoms with Crippen LogP contribution in [0, 0.1) is 0 Å². The molecule has 0 amide bonds. The molecule has 1 saturated carbocycles. The van der Waals surface area contributed by atoms with Gasteiger partial charge in [0.15, 0.2) is 11.5 Å². The molecule has 1 aliphatic carbocycles. The van der Waals surface area contributed by atoms with Crippen LogP contribution in [0.5, 0.6) is 11.5 Å². The maximum Gasteiger partial charge on any atom is 0.231 e. The number of hydrogen-bond acceptors (Lipinski definition) is 4. The fourth-order valence-electron chi connectivity index (χ4n) is 4.03. The predicted octanol–water partition coefficient (Wildman–Crippen LogP) is 2.87. The quantitative estimate of drug-likeness (QED) is 0.857. The summed E-state index contributed by atoms with van der Waals surface area (Å²) >= 11 is 0. The number of ether oxygens (including phenoxy) is 2. The smallest absolute Gasteiger partial charge is 0.231 e. The summed E-state index contributed by atoms with van der Waals surface area (Å²) in [5.74, 6) is 1.78. The maximum atomic E-state index is 5.48. The lowest BCUT2D eigenvalue weighted by Gasteiger charge is -2.40. The van der Waals surface area contributed by atoms with Crippen LogP contribution >= 0.6 is 0 Å². The van der Waals surface area contributed by atoms with Crippen LogP contribution in [-0.4, -0.2) is 48.8 Å². The summed E-state index contributed by atoms with van der Waals surface area (Å²) in [4.78, 5) is 5.30. The lowest BCUT2D eigenvalue weighted by molar-refractivity contribution is 0.0755. The second kappa shape index (κ2) is 6.47. The summed E-state index contributed by atoms with van der Waals surface area (Å²) in [6, 6.07) is 7.20. The van der Waals surface area contributed by atoms with E-state index in [-0.39, 0.29) is 0 Å². The highest BCUT2D eigenvalue weighted by molar-refractivity contribution is 5.44. The average molecular weight is 302 g/mol. The first-order valence-electron chi connectivity index (χ1n) is 8.73. The predicted molar refractivity (Wildman–Crippen MR) is 86.3 cm³/mol. The molecule has 4 nitrogen and oxygen atoms in total. The Morgan fingerprint density at radius 1 is 0.909 bits per heavy atom. The Labute approximate surface area is 133 Å². The van der Waals surface area contributed by atoms with Crippen LogP contribution in [0.1, 0.15) is 37.7 Å². The van der Waals surface area contributed by atoms with E-state index in [1.54, 1.807) is 0 Å². The highest BCUT2D eigenvalue weighted by atomic mass is 16.7. The minimum Gasteiger partial charge on any atom is -0.454 e. The summed E-state index contributed by atoms with van der Waals surface area (Å²) in [7, 11) is 0. The molecule has 0 N–H and O–H groups in total. The van der Waals surface area contributed by atoms with E-state index in [0.717, 1.165) is 24.1 Å². The van der Waals surface area contributed by atoms with Crippen molar-refractivity contribution in [3.63, 3.8) is 0 Å². The summed E-state index contributed by atoms with van der Waals surface area (Å²) in [5.41, 5.74) is 1.33. The van der Waals surface area contributed by atoms with E-state index < -0.39 is 0 Å². The van der Waals surface area contributed by atoms with Gasteiger partial charge in [0.1, 0.15) is 0 Å². The number of rotatable bonds is 3. The Hall–Kier alpha value is -1.26. The Morgan fingerprint density at radius 2 is 1.68 bits per heavy atom. The fourth-order valence-corrected chi connectivity index (χ4v) is 4.03. The molecule has 3 aliphatic rings. The van der Waals surface area contributed by atoms with E-state index in [4.69, 9.17) is 9.47 Å². The number of hydrogen-bond donors (Lipinski definition) is 0. The third-order valence-electron chi connectivity index (χ3n) is 5.34. The van der Waals surface area contributed by atoms with Gasteiger partial charge in [0, 0.05) is 38.8 Å². The molecule has 0 radical (unpaired) electrons. The third-order valence-corrected chi connectivity index (χ3v) is 5.34. The third kappa shape index (κ3) is 3.08. The standard InChI is InChI=1S/C18H26N2O2/c1-2-4-16(5-3-1)20-10-8-19(9-11-20)13-15-6-7-17-18(12-15)22-14-21-17/h6-7,12,16H,1-5,8-11,13-14H2. The van der Waals surface area contributed by atoms with Gasteiger partial charge in [-0.2, -0.15) is 0 Å². The Bertz CT molecular complexity index is 506. The second-order valence-electron chi connectivity index (χ2n) is 6.79. The highest BCUT2D eigenvalue weighted by Gasteiger charge is 2.25. The van der Waals surface area contributed by atoms with Crippen LogP contribution in [0.2, 0.25) is 0 Å². The molecule has 2 aliphatic heterocycles. The van der Waals surface area contributed by atoms with Crippen molar-refractivity contribution in [2.75, 3.05) is 33.0 Å². The highest BCUT2D eigenvalue weighted by Crippen LogP contribution is 2.33. The summed E-state index contributed by atoms with van der Waals surface area (Å²) in [5, 5.41) is 0. The lowest BCUT2D eigenvalue weighted by Crippen LogP contribution is -2.50. The Morgan fingerprint density at radius 3 is 2.50 bits per heavy atom. The van der Waals surface area contributed by atoms with E-state index >= 15 is 0 Å². The van der Waals surface area contributed by atoms with E-state index in [0.29, 0.717) is 6.79 Å². The lowest BCUT2D eigenvalue weighted by atomic mass is 9.94. The maximum absolute atomic E-state index is 5.48. The van der Waals surface area contributed by atoms with E-state index in [1.165, 1.54) is 63.8 Å². The van der Waals surface area contributed by atoms with Crippen molar-refractivity contribution in [3.05, 3.63) is 23.8 Å². The van der Waals surface area contributed by atoms with Crippen molar-refractivity contribution in [2.24, 2.45) is 0 Å². The monoisotopic (exact) mass is 302 g/mol. The van der Waals surface area contributed by atoms with Gasteiger partial charge in [-0.1, -0.05) is 25.3 Å². The van der Waals surface area contributed by atoms with Crippen molar-refractivity contribution < 1.29 is 9.47 Å². The Kier molecular flexibility index (Phi) is 4.22. The van der Waals surface area contributed by atoms with Gasteiger partial charge < -0.3 is 9.47 Å². The van der Waals surface area contributed by atoms with Crippen LogP contribution in [-0.2, 0) is 6.54 Å². The van der Waals surface area contributed by atoms with Gasteiger partial charge in [-0.3, -0.25) is 9.80 Å². The largest absolute Gasteiger partial charge is 0.454 e. The molecule has 1 saturated heterocycles. The molecule has 120 valence electrons. The molecule has 0 bridgehead atoms. The first kappa shape index (κ1) is 14.3. The van der Waals surface area contributed by atoms with Gasteiger partial charge in [0.05, 0.1) is 0 Å². The Balaban J connectivity index is 1.30. The molecule has 22 heavy (non-hydrogen) atoms. The van der Waals surface area contributed by atoms with Crippen LogP contribution < -0.4 is 9.47 Å². The van der Waals surface area contributed by atoms with E-state index in [2.05, 4.69) is 21.9 Å². The molecule has 4 rings (SSSR count). The van der Waals surface area contributed by atoms with E-state index in [1.807, 2.05) is 6.07 Å². The molecular weight excluding hydrogens is 276 g/mol.